The molecule has 0 unspecified atom stereocenters. The Kier molecular flexibility index (Phi) is 23.7. The maximum Gasteiger partial charge on any atom is -0.0134 e. The van der Waals surface area contributed by atoms with Gasteiger partial charge in [-0.25, -0.2) is 0 Å². The fourth-order valence-electron chi connectivity index (χ4n) is 5.76. The minimum atomic E-state index is -0.556. The molecular weight excluding hydrogens is 1050 g/mol. The Balaban J connectivity index is 0.000000211. The van der Waals surface area contributed by atoms with E-state index < -0.39 is 31.5 Å². The first kappa shape index (κ1) is 47.0. The van der Waals surface area contributed by atoms with Crippen LogP contribution in [0.3, 0.4) is 0 Å². The summed E-state index contributed by atoms with van der Waals surface area (Å²) in [6.45, 7) is 11.0. The summed E-state index contributed by atoms with van der Waals surface area (Å²) < 4.78 is 0. The second-order valence-corrected chi connectivity index (χ2v) is 22.4. The summed E-state index contributed by atoms with van der Waals surface area (Å²) in [5, 5.41) is 8.39. The van der Waals surface area contributed by atoms with Gasteiger partial charge in [-0.1, -0.05) is 217 Å². The van der Waals surface area contributed by atoms with E-state index in [4.69, 9.17) is 38.5 Å². The summed E-state index contributed by atoms with van der Waals surface area (Å²) in [6.07, 6.45) is 0. The second kappa shape index (κ2) is 27.3. The standard InChI is InChI=1S/2C18H15P.C10H15.4ClH.Ir.Ru/c2*1-4-10-16(11-5-1)19(17-12-6-2-7-13-17)18-14-8-3-9-15-18;1-6-7(2)9(4)10(5)8(6)3;;;;;;/h2*1-15H;1-5H3;4*1H;;/q;;;;;;;+3;+2/p-4. The second-order valence-electron chi connectivity index (χ2n) is 11.9. The van der Waals surface area contributed by atoms with Crippen LogP contribution in [0.4, 0.5) is 0 Å². The Labute approximate surface area is 360 Å². The molecule has 1 fully saturated rings. The van der Waals surface area contributed by atoms with E-state index in [-0.39, 0.29) is 15.1 Å². The van der Waals surface area contributed by atoms with Gasteiger partial charge in [0, 0.05) is 0 Å². The van der Waals surface area contributed by atoms with E-state index in [0.29, 0.717) is 0 Å². The van der Waals surface area contributed by atoms with Crippen LogP contribution < -0.4 is 31.8 Å². The quantitative estimate of drug-likeness (QED) is 0.115. The van der Waals surface area contributed by atoms with Crippen LogP contribution >= 0.6 is 54.4 Å². The average Bonchev–Trinajstić information content (AvgIpc) is 3.39. The molecule has 0 aromatic heterocycles. The van der Waals surface area contributed by atoms with Crippen molar-refractivity contribution in [2.24, 2.45) is 0 Å². The fourth-order valence-corrected chi connectivity index (χ4v) is 10.4. The van der Waals surface area contributed by atoms with Crippen molar-refractivity contribution in [2.75, 3.05) is 0 Å². The molecule has 5 radical (unpaired) electrons. The molecule has 0 saturated heterocycles. The van der Waals surface area contributed by atoms with Crippen molar-refractivity contribution in [3.05, 3.63) is 212 Å². The molecule has 7 rings (SSSR count). The summed E-state index contributed by atoms with van der Waals surface area (Å²) in [5.74, 6) is 7.34. The normalized spacial score (nSPS) is 13.5. The molecule has 0 nitrogen and oxygen atoms in total. The fraction of sp³-hybridized carbons (Fsp3) is 0.109. The van der Waals surface area contributed by atoms with Gasteiger partial charge in [-0.3, -0.25) is 0 Å². The molecule has 1 saturated carbocycles. The molecule has 0 bridgehead atoms. The Bertz CT molecular complexity index is 1440. The molecule has 1 aliphatic carbocycles. The molecule has 54 heavy (non-hydrogen) atoms. The van der Waals surface area contributed by atoms with Gasteiger partial charge in [0.15, 0.2) is 0 Å². The molecule has 0 amide bonds. The van der Waals surface area contributed by atoms with Crippen LogP contribution in [0, 0.1) is 29.6 Å². The van der Waals surface area contributed by atoms with E-state index >= 15 is 0 Å². The minimum Gasteiger partial charge on any atom is -0.0622 e. The summed E-state index contributed by atoms with van der Waals surface area (Å²) in [7, 11) is 18.6. The van der Waals surface area contributed by atoms with Crippen molar-refractivity contribution in [2.45, 2.75) is 34.6 Å². The van der Waals surface area contributed by atoms with Crippen LogP contribution in [0.2, 0.25) is 0 Å². The molecule has 0 atom stereocenters. The summed E-state index contributed by atoms with van der Waals surface area (Å²) >= 11 is -0.901. The Hall–Kier alpha value is -1.39. The first-order valence-electron chi connectivity index (χ1n) is 17.1. The van der Waals surface area contributed by atoms with Gasteiger partial charge in [0.05, 0.1) is 0 Å². The van der Waals surface area contributed by atoms with Crippen molar-refractivity contribution < 1.29 is 30.8 Å². The number of rotatable bonds is 6. The van der Waals surface area contributed by atoms with Crippen molar-refractivity contribution in [3.63, 3.8) is 0 Å². The molecular formula is C46H45Cl4IrP2Ru+. The third-order valence-electron chi connectivity index (χ3n) is 8.90. The van der Waals surface area contributed by atoms with Crippen molar-refractivity contribution in [3.8, 4) is 0 Å². The molecule has 0 spiro atoms. The van der Waals surface area contributed by atoms with Crippen LogP contribution in [0.15, 0.2) is 182 Å². The Morgan fingerprint density at radius 2 is 0.426 bits per heavy atom. The van der Waals surface area contributed by atoms with E-state index in [1.165, 1.54) is 61.4 Å². The smallest absolute Gasteiger partial charge is 0.0134 e. The maximum absolute atomic E-state index is 4.89. The van der Waals surface area contributed by atoms with E-state index in [1.807, 2.05) is 0 Å². The topological polar surface area (TPSA) is 0 Å². The van der Waals surface area contributed by atoms with Crippen LogP contribution in [-0.2, 0) is 30.8 Å². The van der Waals surface area contributed by atoms with Gasteiger partial charge < -0.3 is 0 Å². The number of hydrogen-bond donors (Lipinski definition) is 0. The summed E-state index contributed by atoms with van der Waals surface area (Å²) in [6, 6.07) is 64.7. The van der Waals surface area contributed by atoms with Crippen LogP contribution in [0.1, 0.15) is 34.6 Å². The van der Waals surface area contributed by atoms with Crippen molar-refractivity contribution in [1.82, 2.24) is 0 Å². The summed E-state index contributed by atoms with van der Waals surface area (Å²) in [4.78, 5) is 0. The Morgan fingerprint density at radius 1 is 0.315 bits per heavy atom. The number of benzene rings is 6. The van der Waals surface area contributed by atoms with Crippen LogP contribution in [-0.4, -0.2) is 0 Å². The summed E-state index contributed by atoms with van der Waals surface area (Å²) in [5.41, 5.74) is 0. The van der Waals surface area contributed by atoms with Gasteiger partial charge in [-0.05, 0) is 77.3 Å². The zero-order chi connectivity index (χ0) is 39.1. The molecule has 283 valence electrons. The van der Waals surface area contributed by atoms with E-state index in [0.717, 1.165) is 0 Å². The minimum absolute atomic E-state index is 0.346. The predicted octanol–water partition coefficient (Wildman–Crippen LogP) is 12.6. The van der Waals surface area contributed by atoms with E-state index in [2.05, 4.69) is 217 Å². The third-order valence-corrected chi connectivity index (χ3v) is 13.8. The molecule has 0 heterocycles. The van der Waals surface area contributed by atoms with Gasteiger partial charge in [0.1, 0.15) is 0 Å². The van der Waals surface area contributed by atoms with Crippen LogP contribution in [0.25, 0.3) is 0 Å². The monoisotopic (exact) mass is 1090 g/mol. The average molecular weight is 1090 g/mol. The zero-order valence-corrected chi connectivity index (χ0v) is 39.9. The maximum atomic E-state index is 4.89. The van der Waals surface area contributed by atoms with E-state index in [9.17, 15) is 0 Å². The SMILES string of the molecule is C[C]1[C](C)[C](C)[C](C)[C]1C.[Cl][Ir+][Cl].[Cl][Ru][Cl].c1ccc(P(c2ccccc2)c2ccccc2)cc1.c1ccc(P(c2ccccc2)c2ccccc2)cc1. The third kappa shape index (κ3) is 15.2. The molecule has 0 N–H and O–H groups in total. The van der Waals surface area contributed by atoms with Crippen LogP contribution in [0.5, 0.6) is 0 Å². The van der Waals surface area contributed by atoms with Gasteiger partial charge >= 0.3 is 69.4 Å². The molecule has 0 aliphatic heterocycles. The zero-order valence-electron chi connectivity index (χ0n) is 30.9. The molecule has 6 aromatic rings. The molecule has 1 aliphatic rings. The first-order chi connectivity index (χ1) is 26.3. The Morgan fingerprint density at radius 3 is 0.537 bits per heavy atom. The molecule has 8 heteroatoms. The predicted molar refractivity (Wildman–Crippen MR) is 238 cm³/mol. The largest absolute Gasteiger partial charge is 0.0622 e. The van der Waals surface area contributed by atoms with Gasteiger partial charge in [0.25, 0.3) is 0 Å². The van der Waals surface area contributed by atoms with Crippen molar-refractivity contribution in [1.29, 1.82) is 0 Å². The van der Waals surface area contributed by atoms with E-state index in [1.54, 1.807) is 0 Å². The van der Waals surface area contributed by atoms with Gasteiger partial charge in [-0.2, -0.15) is 0 Å². The number of halogens is 4. The van der Waals surface area contributed by atoms with Gasteiger partial charge in [-0.15, -0.1) is 0 Å². The molecule has 6 aromatic carbocycles. The van der Waals surface area contributed by atoms with Crippen molar-refractivity contribution >= 4 is 86.2 Å². The van der Waals surface area contributed by atoms with Gasteiger partial charge in [0.2, 0.25) is 0 Å². The first-order valence-corrected chi connectivity index (χ1v) is 30.2. The number of hydrogen-bond acceptors (Lipinski definition) is 0.